The lowest BCUT2D eigenvalue weighted by atomic mass is 9.90. The van der Waals surface area contributed by atoms with Gasteiger partial charge >= 0.3 is 0 Å². The first kappa shape index (κ1) is 14.6. The highest BCUT2D eigenvalue weighted by Crippen LogP contribution is 2.27. The Bertz CT molecular complexity index is 500. The molecule has 1 aliphatic heterocycles. The van der Waals surface area contributed by atoms with E-state index in [2.05, 4.69) is 12.2 Å². The molecule has 2 unspecified atom stereocenters. The summed E-state index contributed by atoms with van der Waals surface area (Å²) in [6.07, 6.45) is 1.24. The third-order valence-corrected chi connectivity index (χ3v) is 4.13. The van der Waals surface area contributed by atoms with Crippen molar-refractivity contribution in [2.45, 2.75) is 45.2 Å². The number of carbonyl (C=O) groups is 2. The smallest absolute Gasteiger partial charge is 0.252 e. The van der Waals surface area contributed by atoms with Crippen LogP contribution in [-0.2, 0) is 15.1 Å². The lowest BCUT2D eigenvalue weighted by Gasteiger charge is -2.35. The molecule has 4 heteroatoms. The molecule has 1 saturated heterocycles. The summed E-state index contributed by atoms with van der Waals surface area (Å²) in [5.41, 5.74) is -0.147. The summed E-state index contributed by atoms with van der Waals surface area (Å²) in [6.45, 7) is 6.36. The quantitative estimate of drug-likeness (QED) is 0.917. The van der Waals surface area contributed by atoms with Crippen LogP contribution in [0.2, 0.25) is 0 Å². The monoisotopic (exact) mass is 274 g/mol. The first-order chi connectivity index (χ1) is 9.49. The second-order valence-electron chi connectivity index (χ2n) is 5.55. The van der Waals surface area contributed by atoms with E-state index in [1.807, 2.05) is 42.2 Å². The molecular weight excluding hydrogens is 252 g/mol. The lowest BCUT2D eigenvalue weighted by Crippen LogP contribution is -2.54. The van der Waals surface area contributed by atoms with Crippen LogP contribution in [0.25, 0.3) is 0 Å². The van der Waals surface area contributed by atoms with Crippen LogP contribution in [0, 0.1) is 0 Å². The molecule has 2 rings (SSSR count). The summed E-state index contributed by atoms with van der Waals surface area (Å²) in [4.78, 5) is 26.7. The Labute approximate surface area is 120 Å². The fourth-order valence-electron chi connectivity index (χ4n) is 2.61. The van der Waals surface area contributed by atoms with Gasteiger partial charge in [-0.1, -0.05) is 37.3 Å². The molecular formula is C16H22N2O2. The molecule has 0 spiro atoms. The third-order valence-electron chi connectivity index (χ3n) is 4.13. The van der Waals surface area contributed by atoms with E-state index in [9.17, 15) is 9.59 Å². The molecule has 108 valence electrons. The van der Waals surface area contributed by atoms with E-state index in [-0.39, 0.29) is 17.9 Å². The average molecular weight is 274 g/mol. The van der Waals surface area contributed by atoms with Gasteiger partial charge < -0.3 is 10.2 Å². The third kappa shape index (κ3) is 2.55. The van der Waals surface area contributed by atoms with Crippen molar-refractivity contribution in [2.24, 2.45) is 0 Å². The van der Waals surface area contributed by atoms with Gasteiger partial charge in [-0.3, -0.25) is 9.59 Å². The zero-order valence-corrected chi connectivity index (χ0v) is 12.3. The predicted octanol–water partition coefficient (Wildman–Crippen LogP) is 2.05. The maximum absolute atomic E-state index is 12.9. The molecule has 1 aromatic carbocycles. The molecule has 2 atom stereocenters. The van der Waals surface area contributed by atoms with Crippen molar-refractivity contribution < 1.29 is 9.59 Å². The highest BCUT2D eigenvalue weighted by atomic mass is 16.2. The summed E-state index contributed by atoms with van der Waals surface area (Å²) in [6, 6.07) is 9.59. The molecule has 1 heterocycles. The minimum absolute atomic E-state index is 0.0242. The average Bonchev–Trinajstić information content (AvgIpc) is 2.58. The van der Waals surface area contributed by atoms with Crippen LogP contribution < -0.4 is 5.32 Å². The van der Waals surface area contributed by atoms with Crippen LogP contribution in [0.3, 0.4) is 0 Å². The largest absolute Gasteiger partial charge is 0.338 e. The number of carbonyl (C=O) groups excluding carboxylic acids is 2. The number of nitrogens with zero attached hydrogens (tertiary/aromatic N) is 1. The Balaban J connectivity index is 2.43. The van der Waals surface area contributed by atoms with Gasteiger partial charge in [0.2, 0.25) is 5.91 Å². The number of benzene rings is 1. The van der Waals surface area contributed by atoms with Gasteiger partial charge in [-0.2, -0.15) is 0 Å². The van der Waals surface area contributed by atoms with Crippen LogP contribution in [0.15, 0.2) is 30.3 Å². The number of hydrogen-bond acceptors (Lipinski definition) is 2. The fraction of sp³-hybridized carbons (Fsp3) is 0.500. The second-order valence-corrected chi connectivity index (χ2v) is 5.55. The van der Waals surface area contributed by atoms with E-state index < -0.39 is 5.54 Å². The van der Waals surface area contributed by atoms with E-state index in [0.717, 1.165) is 12.0 Å². The molecule has 0 saturated carbocycles. The minimum Gasteiger partial charge on any atom is -0.338 e. The zero-order valence-electron chi connectivity index (χ0n) is 12.3. The van der Waals surface area contributed by atoms with E-state index >= 15 is 0 Å². The van der Waals surface area contributed by atoms with Crippen LogP contribution in [0.5, 0.6) is 0 Å². The van der Waals surface area contributed by atoms with Crippen molar-refractivity contribution in [1.82, 2.24) is 10.2 Å². The van der Waals surface area contributed by atoms with Gasteiger partial charge in [-0.25, -0.2) is 0 Å². The Morgan fingerprint density at radius 3 is 2.55 bits per heavy atom. The molecule has 1 aromatic rings. The van der Waals surface area contributed by atoms with Gasteiger partial charge in [0.25, 0.3) is 5.91 Å². The second kappa shape index (κ2) is 5.65. The van der Waals surface area contributed by atoms with Crippen molar-refractivity contribution in [1.29, 1.82) is 0 Å². The first-order valence-electron chi connectivity index (χ1n) is 7.16. The van der Waals surface area contributed by atoms with Crippen molar-refractivity contribution in [3.8, 4) is 0 Å². The molecule has 1 fully saturated rings. The molecule has 1 N–H and O–H groups in total. The normalized spacial score (nSPS) is 25.1. The summed E-state index contributed by atoms with van der Waals surface area (Å²) in [5, 5.41) is 2.90. The topological polar surface area (TPSA) is 49.4 Å². The molecule has 2 amide bonds. The zero-order chi connectivity index (χ0) is 14.8. The van der Waals surface area contributed by atoms with E-state index in [4.69, 9.17) is 0 Å². The summed E-state index contributed by atoms with van der Waals surface area (Å²) < 4.78 is 0. The van der Waals surface area contributed by atoms with E-state index in [1.165, 1.54) is 0 Å². The Morgan fingerprint density at radius 2 is 1.95 bits per heavy atom. The number of hydrogen-bond donors (Lipinski definition) is 1. The first-order valence-corrected chi connectivity index (χ1v) is 7.16. The molecule has 20 heavy (non-hydrogen) atoms. The SMILES string of the molecule is CCC(C)N1CCC(=O)NC(C)(c2ccccc2)C1=O. The highest BCUT2D eigenvalue weighted by Gasteiger charge is 2.42. The summed E-state index contributed by atoms with van der Waals surface area (Å²) >= 11 is 0. The molecule has 0 aliphatic carbocycles. The van der Waals surface area contributed by atoms with Gasteiger partial charge in [-0.15, -0.1) is 0 Å². The Hall–Kier alpha value is -1.84. The number of rotatable bonds is 3. The van der Waals surface area contributed by atoms with Gasteiger partial charge in [0, 0.05) is 19.0 Å². The standard InChI is InChI=1S/C16H22N2O2/c1-4-12(2)18-11-10-14(19)17-16(3,15(18)20)13-8-6-5-7-9-13/h5-9,12H,4,10-11H2,1-3H3,(H,17,19). The number of nitrogens with one attached hydrogen (secondary N) is 1. The van der Waals surface area contributed by atoms with Crippen LogP contribution in [0.1, 0.15) is 39.2 Å². The van der Waals surface area contributed by atoms with Gasteiger partial charge in [0.1, 0.15) is 5.54 Å². The molecule has 0 radical (unpaired) electrons. The Morgan fingerprint density at radius 1 is 1.30 bits per heavy atom. The van der Waals surface area contributed by atoms with Crippen molar-refractivity contribution >= 4 is 11.8 Å². The molecule has 0 bridgehead atoms. The minimum atomic E-state index is -0.974. The van der Waals surface area contributed by atoms with Gasteiger partial charge in [-0.05, 0) is 25.8 Å². The molecule has 0 aromatic heterocycles. The summed E-state index contributed by atoms with van der Waals surface area (Å²) in [7, 11) is 0. The van der Waals surface area contributed by atoms with E-state index in [1.54, 1.807) is 6.92 Å². The van der Waals surface area contributed by atoms with Crippen molar-refractivity contribution in [3.05, 3.63) is 35.9 Å². The highest BCUT2D eigenvalue weighted by molar-refractivity contribution is 5.94. The fourth-order valence-corrected chi connectivity index (χ4v) is 2.61. The van der Waals surface area contributed by atoms with E-state index in [0.29, 0.717) is 13.0 Å². The lowest BCUT2D eigenvalue weighted by molar-refractivity contribution is -0.140. The molecule has 1 aliphatic rings. The summed E-state index contributed by atoms with van der Waals surface area (Å²) in [5.74, 6) is -0.0978. The van der Waals surface area contributed by atoms with Crippen LogP contribution in [-0.4, -0.2) is 29.3 Å². The predicted molar refractivity (Wildman–Crippen MR) is 78.0 cm³/mol. The Kier molecular flexibility index (Phi) is 4.12. The van der Waals surface area contributed by atoms with Gasteiger partial charge in [0.05, 0.1) is 0 Å². The van der Waals surface area contributed by atoms with Crippen LogP contribution in [0.4, 0.5) is 0 Å². The van der Waals surface area contributed by atoms with Crippen LogP contribution >= 0.6 is 0 Å². The van der Waals surface area contributed by atoms with Gasteiger partial charge in [0.15, 0.2) is 0 Å². The van der Waals surface area contributed by atoms with Crippen molar-refractivity contribution in [2.75, 3.05) is 6.54 Å². The molecule has 4 nitrogen and oxygen atoms in total. The number of amides is 2. The van der Waals surface area contributed by atoms with Crippen molar-refractivity contribution in [3.63, 3.8) is 0 Å². The maximum atomic E-state index is 12.9. The maximum Gasteiger partial charge on any atom is 0.252 e.